The van der Waals surface area contributed by atoms with E-state index in [1.807, 2.05) is 0 Å². The number of benzene rings is 1. The van der Waals surface area contributed by atoms with Crippen LogP contribution in [0.1, 0.15) is 10.4 Å². The highest BCUT2D eigenvalue weighted by Crippen LogP contribution is 2.21. The Hall–Kier alpha value is -2.50. The van der Waals surface area contributed by atoms with Crippen LogP contribution in [0.25, 0.3) is 0 Å². The Labute approximate surface area is 91.3 Å². The molecule has 0 aromatic heterocycles. The molecule has 0 aliphatic rings. The zero-order valence-electron chi connectivity index (χ0n) is 8.25. The van der Waals surface area contributed by atoms with Crippen molar-refractivity contribution in [3.8, 4) is 11.5 Å². The summed E-state index contributed by atoms with van der Waals surface area (Å²) in [6.07, 6.45) is 1.06. The Morgan fingerprint density at radius 1 is 1.31 bits per heavy atom. The molecule has 0 heterocycles. The molecule has 0 aliphatic carbocycles. The number of phenolic OH excluding ortho intramolecular Hbond substituents is 1. The Morgan fingerprint density at radius 3 is 2.12 bits per heavy atom. The van der Waals surface area contributed by atoms with Crippen molar-refractivity contribution in [3.63, 3.8) is 0 Å². The maximum absolute atomic E-state index is 10.3. The van der Waals surface area contributed by atoms with Gasteiger partial charge in [-0.2, -0.15) is 0 Å². The lowest BCUT2D eigenvalue weighted by Gasteiger charge is -1.98. The topological polar surface area (TPSA) is 121 Å². The van der Waals surface area contributed by atoms with Crippen molar-refractivity contribution in [3.05, 3.63) is 36.4 Å². The van der Waals surface area contributed by atoms with Gasteiger partial charge in [0, 0.05) is 0 Å². The number of carboxylic acids is 1. The molecule has 1 rings (SSSR count). The van der Waals surface area contributed by atoms with Gasteiger partial charge in [-0.15, -0.1) is 0 Å². The molecular weight excluding hydrogens is 214 g/mol. The maximum atomic E-state index is 10.3. The standard InChI is InChI=1S/C7H6O4.C3H5NO/c8-4-1-2-6(9)5(3-4)7(10)11;1-2-3(4)5/h1-3,8-9H,(H,10,11);2H,1H2,(H2,4,5). The van der Waals surface area contributed by atoms with Crippen LogP contribution >= 0.6 is 0 Å². The molecule has 0 fully saturated rings. The number of carboxylic acid groups (broad SMARTS) is 1. The van der Waals surface area contributed by atoms with Gasteiger partial charge in [0.1, 0.15) is 17.1 Å². The minimum atomic E-state index is -1.27. The number of carbonyl (C=O) groups is 2. The maximum Gasteiger partial charge on any atom is 0.339 e. The third-order valence-electron chi connectivity index (χ3n) is 1.41. The summed E-state index contributed by atoms with van der Waals surface area (Å²) in [5.74, 6) is -2.28. The number of hydrogen-bond acceptors (Lipinski definition) is 4. The van der Waals surface area contributed by atoms with Gasteiger partial charge >= 0.3 is 5.97 Å². The van der Waals surface area contributed by atoms with Gasteiger partial charge in [-0.25, -0.2) is 4.79 Å². The molecule has 0 spiro atoms. The van der Waals surface area contributed by atoms with Gasteiger partial charge in [0.25, 0.3) is 0 Å². The van der Waals surface area contributed by atoms with E-state index in [-0.39, 0.29) is 17.1 Å². The van der Waals surface area contributed by atoms with Crippen molar-refractivity contribution in [2.24, 2.45) is 5.73 Å². The quantitative estimate of drug-likeness (QED) is 0.430. The average molecular weight is 225 g/mol. The lowest BCUT2D eigenvalue weighted by molar-refractivity contribution is -0.113. The summed E-state index contributed by atoms with van der Waals surface area (Å²) in [6.45, 7) is 3.09. The highest BCUT2D eigenvalue weighted by Gasteiger charge is 2.08. The van der Waals surface area contributed by atoms with Crippen LogP contribution < -0.4 is 5.73 Å². The SMILES string of the molecule is C=CC(N)=O.O=C(O)c1cc(O)ccc1O. The van der Waals surface area contributed by atoms with E-state index in [0.717, 1.165) is 18.2 Å². The molecule has 0 bridgehead atoms. The molecule has 0 aliphatic heterocycles. The number of phenols is 2. The van der Waals surface area contributed by atoms with E-state index in [2.05, 4.69) is 12.3 Å². The summed E-state index contributed by atoms with van der Waals surface area (Å²) in [5.41, 5.74) is 4.23. The van der Waals surface area contributed by atoms with Crippen LogP contribution in [0.2, 0.25) is 0 Å². The molecule has 0 unspecified atom stereocenters. The summed E-state index contributed by atoms with van der Waals surface area (Å²) in [4.78, 5) is 19.8. The van der Waals surface area contributed by atoms with Gasteiger partial charge in [-0.1, -0.05) is 6.58 Å². The molecule has 0 saturated heterocycles. The van der Waals surface area contributed by atoms with Gasteiger partial charge in [0.2, 0.25) is 5.91 Å². The van der Waals surface area contributed by atoms with Crippen LogP contribution in [0, 0.1) is 0 Å². The summed E-state index contributed by atoms with van der Waals surface area (Å²) >= 11 is 0. The minimum Gasteiger partial charge on any atom is -0.508 e. The zero-order valence-corrected chi connectivity index (χ0v) is 8.25. The molecule has 1 aromatic carbocycles. The van der Waals surface area contributed by atoms with E-state index >= 15 is 0 Å². The number of carbonyl (C=O) groups excluding carboxylic acids is 1. The first-order valence-corrected chi connectivity index (χ1v) is 4.05. The Bertz CT molecular complexity index is 414. The van der Waals surface area contributed by atoms with Gasteiger partial charge in [-0.05, 0) is 24.3 Å². The van der Waals surface area contributed by atoms with E-state index in [4.69, 9.17) is 15.3 Å². The summed E-state index contributed by atoms with van der Waals surface area (Å²) in [7, 11) is 0. The Balaban J connectivity index is 0.000000385. The molecule has 0 radical (unpaired) electrons. The van der Waals surface area contributed by atoms with Gasteiger partial charge in [-0.3, -0.25) is 4.79 Å². The predicted octanol–water partition coefficient (Wildman–Crippen LogP) is 0.454. The van der Waals surface area contributed by atoms with E-state index in [0.29, 0.717) is 0 Å². The predicted molar refractivity (Wildman–Crippen MR) is 56.1 cm³/mol. The first kappa shape index (κ1) is 13.5. The Kier molecular flexibility index (Phi) is 5.12. The van der Waals surface area contributed by atoms with Crippen LogP contribution in [0.15, 0.2) is 30.9 Å². The van der Waals surface area contributed by atoms with Crippen molar-refractivity contribution < 1.29 is 24.9 Å². The number of aromatic hydroxyl groups is 2. The van der Waals surface area contributed by atoms with E-state index < -0.39 is 11.9 Å². The first-order valence-electron chi connectivity index (χ1n) is 4.05. The number of rotatable bonds is 2. The second-order valence-electron chi connectivity index (χ2n) is 2.61. The third-order valence-corrected chi connectivity index (χ3v) is 1.41. The highest BCUT2D eigenvalue weighted by molar-refractivity contribution is 5.91. The number of amides is 1. The molecular formula is C10H11NO5. The normalized spacial score (nSPS) is 8.50. The third kappa shape index (κ3) is 4.66. The van der Waals surface area contributed by atoms with E-state index in [1.165, 1.54) is 6.07 Å². The van der Waals surface area contributed by atoms with Crippen molar-refractivity contribution in [1.82, 2.24) is 0 Å². The van der Waals surface area contributed by atoms with Crippen LogP contribution in [0.3, 0.4) is 0 Å². The fraction of sp³-hybridized carbons (Fsp3) is 0. The van der Waals surface area contributed by atoms with Crippen LogP contribution in [0.4, 0.5) is 0 Å². The second-order valence-corrected chi connectivity index (χ2v) is 2.61. The van der Waals surface area contributed by atoms with Crippen molar-refractivity contribution in [2.45, 2.75) is 0 Å². The monoisotopic (exact) mass is 225 g/mol. The van der Waals surface area contributed by atoms with Crippen LogP contribution in [-0.4, -0.2) is 27.2 Å². The number of aromatic carboxylic acids is 1. The van der Waals surface area contributed by atoms with Crippen LogP contribution in [0.5, 0.6) is 11.5 Å². The van der Waals surface area contributed by atoms with Crippen molar-refractivity contribution in [2.75, 3.05) is 0 Å². The van der Waals surface area contributed by atoms with Gasteiger partial charge in [0.15, 0.2) is 0 Å². The molecule has 6 heteroatoms. The van der Waals surface area contributed by atoms with E-state index in [1.54, 1.807) is 0 Å². The highest BCUT2D eigenvalue weighted by atomic mass is 16.4. The molecule has 0 saturated carbocycles. The molecule has 5 N–H and O–H groups in total. The number of hydrogen-bond donors (Lipinski definition) is 4. The van der Waals surface area contributed by atoms with Gasteiger partial charge in [0.05, 0.1) is 0 Å². The summed E-state index contributed by atoms with van der Waals surface area (Å²) in [5, 5.41) is 26.1. The molecule has 86 valence electrons. The average Bonchev–Trinajstić information content (AvgIpc) is 2.22. The van der Waals surface area contributed by atoms with Crippen molar-refractivity contribution in [1.29, 1.82) is 0 Å². The fourth-order valence-electron chi connectivity index (χ4n) is 0.695. The molecule has 1 amide bonds. The molecule has 16 heavy (non-hydrogen) atoms. The van der Waals surface area contributed by atoms with Crippen molar-refractivity contribution >= 4 is 11.9 Å². The largest absolute Gasteiger partial charge is 0.508 e. The smallest absolute Gasteiger partial charge is 0.339 e. The number of nitrogens with two attached hydrogens (primary N) is 1. The lowest BCUT2D eigenvalue weighted by Crippen LogP contribution is -2.04. The summed E-state index contributed by atoms with van der Waals surface area (Å²) < 4.78 is 0. The first-order chi connectivity index (χ1) is 7.38. The second kappa shape index (κ2) is 6.07. The molecule has 1 aromatic rings. The van der Waals surface area contributed by atoms with E-state index in [9.17, 15) is 9.59 Å². The Morgan fingerprint density at radius 2 is 1.81 bits per heavy atom. The molecule has 0 atom stereocenters. The fourth-order valence-corrected chi connectivity index (χ4v) is 0.695. The summed E-state index contributed by atoms with van der Waals surface area (Å²) in [6, 6.07) is 3.32. The lowest BCUT2D eigenvalue weighted by atomic mass is 10.2. The van der Waals surface area contributed by atoms with Crippen LogP contribution in [-0.2, 0) is 4.79 Å². The molecule has 6 nitrogen and oxygen atoms in total. The minimum absolute atomic E-state index is 0.180. The van der Waals surface area contributed by atoms with Gasteiger partial charge < -0.3 is 21.1 Å². The zero-order chi connectivity index (χ0) is 12.7. The number of primary amides is 1.